The van der Waals surface area contributed by atoms with E-state index in [1.807, 2.05) is 60.1 Å². The molecule has 0 aliphatic carbocycles. The van der Waals surface area contributed by atoms with Crippen LogP contribution in [-0.2, 0) is 0 Å². The number of hydrazone groups is 1. The maximum absolute atomic E-state index is 4.77. The average molecular weight is 361 g/mol. The molecule has 0 spiro atoms. The largest absolute Gasteiger partial charge is 0.253 e. The topological polar surface area (TPSA) is 37.3 Å². The zero-order valence-electron chi connectivity index (χ0n) is 13.3. The Hall–Kier alpha value is -2.76. The molecule has 2 aromatic carbocycles. The van der Waals surface area contributed by atoms with E-state index in [9.17, 15) is 0 Å². The van der Waals surface area contributed by atoms with Crippen molar-refractivity contribution < 1.29 is 0 Å². The van der Waals surface area contributed by atoms with Gasteiger partial charge in [-0.2, -0.15) is 5.10 Å². The van der Waals surface area contributed by atoms with Crippen molar-refractivity contribution in [3.63, 3.8) is 0 Å². The molecule has 2 heterocycles. The fourth-order valence-electron chi connectivity index (χ4n) is 2.46. The van der Waals surface area contributed by atoms with Crippen molar-refractivity contribution in [3.8, 4) is 21.7 Å². The van der Waals surface area contributed by atoms with E-state index in [4.69, 9.17) is 4.98 Å². The lowest BCUT2D eigenvalue weighted by Crippen LogP contribution is -1.88. The fourth-order valence-corrected chi connectivity index (χ4v) is 3.99. The van der Waals surface area contributed by atoms with Crippen LogP contribution in [0.1, 0.15) is 4.88 Å². The first kappa shape index (κ1) is 15.7. The van der Waals surface area contributed by atoms with Gasteiger partial charge in [0.1, 0.15) is 0 Å². The normalized spacial score (nSPS) is 11.0. The molecule has 3 nitrogen and oxygen atoms in total. The Balaban J connectivity index is 1.68. The second kappa shape index (κ2) is 7.42. The van der Waals surface area contributed by atoms with Crippen LogP contribution in [0.2, 0.25) is 0 Å². The van der Waals surface area contributed by atoms with Gasteiger partial charge >= 0.3 is 0 Å². The summed E-state index contributed by atoms with van der Waals surface area (Å²) in [6.07, 6.45) is 1.82. The van der Waals surface area contributed by atoms with Gasteiger partial charge in [-0.3, -0.25) is 5.43 Å². The van der Waals surface area contributed by atoms with Gasteiger partial charge in [-0.05, 0) is 17.0 Å². The van der Waals surface area contributed by atoms with Gasteiger partial charge in [0.2, 0.25) is 5.13 Å². The minimum atomic E-state index is 0.783. The fraction of sp³-hybridized carbons (Fsp3) is 0. The Morgan fingerprint density at radius 3 is 2.24 bits per heavy atom. The molecule has 122 valence electrons. The molecule has 4 rings (SSSR count). The van der Waals surface area contributed by atoms with E-state index in [0.717, 1.165) is 31.7 Å². The zero-order valence-corrected chi connectivity index (χ0v) is 14.9. The molecule has 0 aliphatic heterocycles. The summed E-state index contributed by atoms with van der Waals surface area (Å²) in [6.45, 7) is 0. The van der Waals surface area contributed by atoms with E-state index in [1.165, 1.54) is 0 Å². The van der Waals surface area contributed by atoms with Crippen LogP contribution in [0.4, 0.5) is 5.13 Å². The number of nitrogens with zero attached hydrogens (tertiary/aromatic N) is 2. The Morgan fingerprint density at radius 2 is 1.56 bits per heavy atom. The summed E-state index contributed by atoms with van der Waals surface area (Å²) in [7, 11) is 0. The molecule has 0 amide bonds. The summed E-state index contributed by atoms with van der Waals surface area (Å²) < 4.78 is 0. The standard InChI is InChI=1S/C20H15N3S2/c1-3-8-15(9-4-1)18-19(16-10-5-2-6-11-16)25-20(22-18)23-21-14-17-12-7-13-24-17/h1-14H,(H,22,23). The van der Waals surface area contributed by atoms with Crippen LogP contribution in [0, 0.1) is 0 Å². The molecule has 1 N–H and O–H groups in total. The summed E-state index contributed by atoms with van der Waals surface area (Å²) in [5.74, 6) is 0. The molecule has 5 heteroatoms. The maximum atomic E-state index is 4.77. The van der Waals surface area contributed by atoms with E-state index in [2.05, 4.69) is 34.8 Å². The van der Waals surface area contributed by atoms with Crippen LogP contribution < -0.4 is 5.43 Å². The summed E-state index contributed by atoms with van der Waals surface area (Å²) in [5, 5.41) is 7.13. The molecular weight excluding hydrogens is 346 g/mol. The first-order valence-electron chi connectivity index (χ1n) is 7.84. The molecular formula is C20H15N3S2. The summed E-state index contributed by atoms with van der Waals surface area (Å²) >= 11 is 3.27. The first-order chi connectivity index (χ1) is 12.4. The van der Waals surface area contributed by atoms with Gasteiger partial charge < -0.3 is 0 Å². The van der Waals surface area contributed by atoms with E-state index in [-0.39, 0.29) is 0 Å². The van der Waals surface area contributed by atoms with Crippen molar-refractivity contribution in [2.24, 2.45) is 5.10 Å². The van der Waals surface area contributed by atoms with Crippen molar-refractivity contribution in [1.82, 2.24) is 4.98 Å². The predicted octanol–water partition coefficient (Wildman–Crippen LogP) is 5.98. The Morgan fingerprint density at radius 1 is 0.840 bits per heavy atom. The molecule has 25 heavy (non-hydrogen) atoms. The van der Waals surface area contributed by atoms with Crippen molar-refractivity contribution in [1.29, 1.82) is 0 Å². The molecule has 0 saturated carbocycles. The van der Waals surface area contributed by atoms with Crippen LogP contribution in [0.3, 0.4) is 0 Å². The lowest BCUT2D eigenvalue weighted by atomic mass is 10.1. The molecule has 2 aromatic heterocycles. The van der Waals surface area contributed by atoms with Crippen LogP contribution >= 0.6 is 22.7 Å². The molecule has 0 unspecified atom stereocenters. The predicted molar refractivity (Wildman–Crippen MR) is 109 cm³/mol. The highest BCUT2D eigenvalue weighted by atomic mass is 32.1. The van der Waals surface area contributed by atoms with Crippen LogP contribution in [-0.4, -0.2) is 11.2 Å². The van der Waals surface area contributed by atoms with Crippen LogP contribution in [0.15, 0.2) is 83.3 Å². The van der Waals surface area contributed by atoms with Gasteiger partial charge in [-0.25, -0.2) is 4.98 Å². The highest BCUT2D eigenvalue weighted by Crippen LogP contribution is 2.38. The van der Waals surface area contributed by atoms with Crippen molar-refractivity contribution in [2.75, 3.05) is 5.43 Å². The van der Waals surface area contributed by atoms with Crippen molar-refractivity contribution in [2.45, 2.75) is 0 Å². The molecule has 0 fully saturated rings. The smallest absolute Gasteiger partial charge is 0.204 e. The van der Waals surface area contributed by atoms with Gasteiger partial charge in [-0.15, -0.1) is 11.3 Å². The number of rotatable bonds is 5. The third kappa shape index (κ3) is 3.68. The summed E-state index contributed by atoms with van der Waals surface area (Å²) in [5.41, 5.74) is 6.31. The van der Waals surface area contributed by atoms with Gasteiger partial charge in [0, 0.05) is 10.4 Å². The SMILES string of the molecule is C(=NNc1nc(-c2ccccc2)c(-c2ccccc2)s1)c1cccs1. The minimum Gasteiger partial charge on any atom is -0.253 e. The number of hydrogen-bond donors (Lipinski definition) is 1. The first-order valence-corrected chi connectivity index (χ1v) is 9.54. The monoisotopic (exact) mass is 361 g/mol. The molecule has 0 aliphatic rings. The number of benzene rings is 2. The maximum Gasteiger partial charge on any atom is 0.204 e. The van der Waals surface area contributed by atoms with Gasteiger partial charge in [-0.1, -0.05) is 78.1 Å². The average Bonchev–Trinajstić information content (AvgIpc) is 3.33. The van der Waals surface area contributed by atoms with E-state index in [0.29, 0.717) is 0 Å². The molecule has 4 aromatic rings. The number of aromatic nitrogens is 1. The molecule has 0 radical (unpaired) electrons. The highest BCUT2D eigenvalue weighted by molar-refractivity contribution is 7.19. The Bertz CT molecular complexity index is 902. The number of anilines is 1. The van der Waals surface area contributed by atoms with E-state index >= 15 is 0 Å². The minimum absolute atomic E-state index is 0.783. The lowest BCUT2D eigenvalue weighted by Gasteiger charge is -2.02. The molecule has 0 atom stereocenters. The number of nitrogens with one attached hydrogen (secondary N) is 1. The second-order valence-electron chi connectivity index (χ2n) is 5.31. The van der Waals surface area contributed by atoms with E-state index in [1.54, 1.807) is 22.7 Å². The highest BCUT2D eigenvalue weighted by Gasteiger charge is 2.14. The second-order valence-corrected chi connectivity index (χ2v) is 7.29. The number of thiazole rings is 1. The van der Waals surface area contributed by atoms with Crippen molar-refractivity contribution >= 4 is 34.0 Å². The van der Waals surface area contributed by atoms with Gasteiger partial charge in [0.25, 0.3) is 0 Å². The molecule has 0 bridgehead atoms. The third-order valence-corrected chi connectivity index (χ3v) is 5.42. The van der Waals surface area contributed by atoms with E-state index < -0.39 is 0 Å². The quantitative estimate of drug-likeness (QED) is 0.350. The van der Waals surface area contributed by atoms with Gasteiger partial charge in [0.15, 0.2) is 0 Å². The summed E-state index contributed by atoms with van der Waals surface area (Å²) in [4.78, 5) is 7.02. The Kier molecular flexibility index (Phi) is 4.68. The number of hydrogen-bond acceptors (Lipinski definition) is 5. The lowest BCUT2D eigenvalue weighted by molar-refractivity contribution is 1.29. The van der Waals surface area contributed by atoms with Crippen molar-refractivity contribution in [3.05, 3.63) is 83.1 Å². The van der Waals surface area contributed by atoms with Gasteiger partial charge in [0.05, 0.1) is 16.8 Å². The van der Waals surface area contributed by atoms with Crippen LogP contribution in [0.5, 0.6) is 0 Å². The third-order valence-electron chi connectivity index (χ3n) is 3.61. The molecule has 0 saturated heterocycles. The Labute approximate surface area is 154 Å². The van der Waals surface area contributed by atoms with Crippen LogP contribution in [0.25, 0.3) is 21.7 Å². The zero-order chi connectivity index (χ0) is 16.9. The number of thiophene rings is 1. The summed E-state index contributed by atoms with van der Waals surface area (Å²) in [6, 6.07) is 24.6.